The number of esters is 1. The minimum Gasteiger partial charge on any atom is -0.461 e. The lowest BCUT2D eigenvalue weighted by Crippen LogP contribution is -2.58. The molecule has 3 aliphatic rings. The first kappa shape index (κ1) is 25.9. The highest BCUT2D eigenvalue weighted by Gasteiger charge is 2.77. The fraction of sp³-hybridized carbons (Fsp3) is 0.708. The van der Waals surface area contributed by atoms with Crippen molar-refractivity contribution < 1.29 is 29.0 Å². The van der Waals surface area contributed by atoms with Crippen LogP contribution in [-0.4, -0.2) is 87.6 Å². The van der Waals surface area contributed by atoms with E-state index in [2.05, 4.69) is 36.0 Å². The number of hydrogen-bond acceptors (Lipinski definition) is 6. The zero-order valence-electron chi connectivity index (χ0n) is 19.5. The molecule has 0 saturated carbocycles. The van der Waals surface area contributed by atoms with Gasteiger partial charge in [-0.3, -0.25) is 14.4 Å². The van der Waals surface area contributed by atoms with Crippen LogP contribution in [0.3, 0.4) is 0 Å². The summed E-state index contributed by atoms with van der Waals surface area (Å²) < 4.78 is 11.7. The largest absolute Gasteiger partial charge is 0.461 e. The van der Waals surface area contributed by atoms with Crippen molar-refractivity contribution in [1.29, 1.82) is 0 Å². The van der Waals surface area contributed by atoms with Crippen LogP contribution >= 0.6 is 15.9 Å². The van der Waals surface area contributed by atoms with Crippen LogP contribution in [0, 0.1) is 11.8 Å². The number of hydrogen-bond donors (Lipinski definition) is 1. The summed E-state index contributed by atoms with van der Waals surface area (Å²) in [5, 5.41) is 9.43. The third-order valence-corrected chi connectivity index (χ3v) is 7.89. The lowest BCUT2D eigenvalue weighted by molar-refractivity contribution is -0.154. The number of ether oxygens (including phenoxy) is 2. The van der Waals surface area contributed by atoms with Crippen LogP contribution in [0.1, 0.15) is 39.5 Å². The van der Waals surface area contributed by atoms with Gasteiger partial charge in [-0.25, -0.2) is 0 Å². The molecule has 0 radical (unpaired) electrons. The summed E-state index contributed by atoms with van der Waals surface area (Å²) in [6.45, 7) is 11.9. The predicted octanol–water partition coefficient (Wildman–Crippen LogP) is 2.05. The lowest BCUT2D eigenvalue weighted by Gasteiger charge is -2.39. The van der Waals surface area contributed by atoms with Gasteiger partial charge in [-0.2, -0.15) is 0 Å². The third-order valence-electron chi connectivity index (χ3n) is 7.04. The van der Waals surface area contributed by atoms with Gasteiger partial charge in [0, 0.05) is 30.6 Å². The molecule has 3 fully saturated rings. The van der Waals surface area contributed by atoms with Crippen molar-refractivity contribution in [3.63, 3.8) is 0 Å². The molecule has 3 aliphatic heterocycles. The zero-order chi connectivity index (χ0) is 24.3. The number of aliphatic hydroxyl groups is 1. The van der Waals surface area contributed by atoms with Crippen molar-refractivity contribution in [3.8, 4) is 0 Å². The molecule has 1 spiro atoms. The summed E-state index contributed by atoms with van der Waals surface area (Å²) in [7, 11) is 0. The number of carbonyl (C=O) groups excluding carboxylic acids is 3. The maximum atomic E-state index is 14.0. The summed E-state index contributed by atoms with van der Waals surface area (Å²) in [5.74, 6) is -2.60. The number of likely N-dealkylation sites (tertiary alicyclic amines) is 1. The van der Waals surface area contributed by atoms with Crippen LogP contribution in [-0.2, 0) is 23.9 Å². The SMILES string of the molecule is C=CCOC(=O)[C@H]1[C@H]2C(=O)N(CCCO)C(C(=O)N(CC=C)C(C)CCC)C23CC(Br)[C@@H]1O3. The van der Waals surface area contributed by atoms with E-state index in [4.69, 9.17) is 9.47 Å². The van der Waals surface area contributed by atoms with E-state index in [-0.39, 0.29) is 42.4 Å². The van der Waals surface area contributed by atoms with Crippen LogP contribution in [0.5, 0.6) is 0 Å². The van der Waals surface area contributed by atoms with Crippen molar-refractivity contribution in [3.05, 3.63) is 25.3 Å². The molecule has 2 amide bonds. The van der Waals surface area contributed by atoms with Gasteiger partial charge in [0.2, 0.25) is 11.8 Å². The quantitative estimate of drug-likeness (QED) is 0.237. The Hall–Kier alpha value is -1.71. The molecule has 33 heavy (non-hydrogen) atoms. The van der Waals surface area contributed by atoms with Crippen molar-refractivity contribution in [2.24, 2.45) is 11.8 Å². The number of carbonyl (C=O) groups is 3. The normalized spacial score (nSPS) is 33.0. The second kappa shape index (κ2) is 10.7. The summed E-state index contributed by atoms with van der Waals surface area (Å²) in [5.41, 5.74) is -1.12. The van der Waals surface area contributed by atoms with E-state index in [1.807, 2.05) is 6.92 Å². The summed E-state index contributed by atoms with van der Waals surface area (Å²) >= 11 is 3.63. The van der Waals surface area contributed by atoms with Gasteiger partial charge in [-0.05, 0) is 26.2 Å². The first-order chi connectivity index (χ1) is 15.8. The molecule has 3 saturated heterocycles. The Labute approximate surface area is 204 Å². The van der Waals surface area contributed by atoms with E-state index in [0.717, 1.165) is 12.8 Å². The highest BCUT2D eigenvalue weighted by molar-refractivity contribution is 9.09. The van der Waals surface area contributed by atoms with Crippen LogP contribution < -0.4 is 0 Å². The summed E-state index contributed by atoms with van der Waals surface area (Å²) in [6, 6.07) is -0.916. The third kappa shape index (κ3) is 4.39. The Bertz CT molecular complexity index is 791. The van der Waals surface area contributed by atoms with E-state index in [9.17, 15) is 19.5 Å². The monoisotopic (exact) mass is 526 g/mol. The molecule has 8 nitrogen and oxygen atoms in total. The molecule has 3 rings (SSSR count). The molecule has 3 heterocycles. The summed E-state index contributed by atoms with van der Waals surface area (Å²) in [4.78, 5) is 43.8. The average molecular weight is 527 g/mol. The smallest absolute Gasteiger partial charge is 0.312 e. The number of nitrogens with zero attached hydrogens (tertiary/aromatic N) is 2. The van der Waals surface area contributed by atoms with Crippen molar-refractivity contribution in [1.82, 2.24) is 9.80 Å². The van der Waals surface area contributed by atoms with Crippen molar-refractivity contribution >= 4 is 33.7 Å². The second-order valence-corrected chi connectivity index (χ2v) is 10.3. The molecule has 0 aromatic carbocycles. The van der Waals surface area contributed by atoms with E-state index in [0.29, 0.717) is 19.4 Å². The minimum atomic E-state index is -1.12. The lowest BCUT2D eigenvalue weighted by atomic mass is 9.70. The number of halogens is 1. The van der Waals surface area contributed by atoms with Gasteiger partial charge in [0.1, 0.15) is 18.2 Å². The first-order valence-electron chi connectivity index (χ1n) is 11.7. The highest BCUT2D eigenvalue weighted by Crippen LogP contribution is 2.60. The standard InChI is InChI=1S/C24H35BrN2O6/c1-5-9-15(4)26(10-6-2)22(30)20-24-14-16(25)19(33-24)17(23(31)32-13-7-3)18(24)21(29)27(20)11-8-12-28/h6-7,15-20,28H,2-3,5,8-14H2,1,4H3/t15?,16?,17-,18-,19-,20?,24?/m0/s1. The number of rotatable bonds is 12. The number of alkyl halides is 1. The maximum absolute atomic E-state index is 14.0. The fourth-order valence-corrected chi connectivity index (χ4v) is 6.70. The molecule has 184 valence electrons. The van der Waals surface area contributed by atoms with Gasteiger partial charge in [0.25, 0.3) is 0 Å². The van der Waals surface area contributed by atoms with Crippen LogP contribution in [0.4, 0.5) is 0 Å². The fourth-order valence-electron chi connectivity index (χ4n) is 5.75. The topological polar surface area (TPSA) is 96.4 Å². The number of aliphatic hydroxyl groups excluding tert-OH is 1. The van der Waals surface area contributed by atoms with Gasteiger partial charge in [0.05, 0.1) is 17.9 Å². The van der Waals surface area contributed by atoms with Crippen molar-refractivity contribution in [2.45, 2.75) is 68.1 Å². The second-order valence-electron chi connectivity index (χ2n) is 9.11. The molecule has 0 aromatic heterocycles. The Kier molecular flexibility index (Phi) is 8.40. The molecule has 2 bridgehead atoms. The maximum Gasteiger partial charge on any atom is 0.312 e. The molecule has 1 N–H and O–H groups in total. The average Bonchev–Trinajstić information content (AvgIpc) is 3.37. The molecular formula is C24H35BrN2O6. The van der Waals surface area contributed by atoms with Crippen molar-refractivity contribution in [2.75, 3.05) is 26.3 Å². The van der Waals surface area contributed by atoms with Gasteiger partial charge in [-0.15, -0.1) is 6.58 Å². The van der Waals surface area contributed by atoms with E-state index in [1.54, 1.807) is 11.0 Å². The van der Waals surface area contributed by atoms with Gasteiger partial charge in [0.15, 0.2) is 0 Å². The number of fused-ring (bicyclic) bond motifs is 1. The highest BCUT2D eigenvalue weighted by atomic mass is 79.9. The van der Waals surface area contributed by atoms with E-state index < -0.39 is 35.6 Å². The minimum absolute atomic E-state index is 0.0428. The molecule has 7 atom stereocenters. The zero-order valence-corrected chi connectivity index (χ0v) is 21.0. The van der Waals surface area contributed by atoms with Crippen LogP contribution in [0.15, 0.2) is 25.3 Å². The Morgan fingerprint density at radius 2 is 2.15 bits per heavy atom. The molecule has 4 unspecified atom stereocenters. The molecule has 0 aromatic rings. The summed E-state index contributed by atoms with van der Waals surface area (Å²) in [6.07, 6.45) is 5.11. The molecule has 0 aliphatic carbocycles. The predicted molar refractivity (Wildman–Crippen MR) is 127 cm³/mol. The Balaban J connectivity index is 2.03. The van der Waals surface area contributed by atoms with E-state index in [1.165, 1.54) is 11.0 Å². The first-order valence-corrected chi connectivity index (χ1v) is 12.6. The Morgan fingerprint density at radius 3 is 2.76 bits per heavy atom. The van der Waals surface area contributed by atoms with Gasteiger partial charge in [-0.1, -0.05) is 48.0 Å². The van der Waals surface area contributed by atoms with Gasteiger partial charge < -0.3 is 24.4 Å². The van der Waals surface area contributed by atoms with E-state index >= 15 is 0 Å². The van der Waals surface area contributed by atoms with Crippen LogP contribution in [0.2, 0.25) is 0 Å². The van der Waals surface area contributed by atoms with Gasteiger partial charge >= 0.3 is 5.97 Å². The number of amides is 2. The Morgan fingerprint density at radius 1 is 1.42 bits per heavy atom. The molecule has 9 heteroatoms. The van der Waals surface area contributed by atoms with Crippen LogP contribution in [0.25, 0.3) is 0 Å². The molecular weight excluding hydrogens is 492 g/mol.